The van der Waals surface area contributed by atoms with Crippen LogP contribution in [0.4, 0.5) is 0 Å². The van der Waals surface area contributed by atoms with Crippen LogP contribution in [0.15, 0.2) is 0 Å². The molecule has 0 aromatic heterocycles. The highest BCUT2D eigenvalue weighted by molar-refractivity contribution is 5.85. The lowest BCUT2D eigenvalue weighted by atomic mass is 9.90. The maximum absolute atomic E-state index is 9.79. The minimum atomic E-state index is 0. The second-order valence-electron chi connectivity index (χ2n) is 5.89. The van der Waals surface area contributed by atoms with Gasteiger partial charge in [0.1, 0.15) is 0 Å². The molecule has 2 N–H and O–H groups in total. The van der Waals surface area contributed by atoms with Crippen LogP contribution < -0.4 is 5.32 Å². The van der Waals surface area contributed by atoms with Gasteiger partial charge in [0.15, 0.2) is 0 Å². The van der Waals surface area contributed by atoms with Crippen molar-refractivity contribution in [3.63, 3.8) is 0 Å². The normalized spacial score (nSPS) is 33.3. The van der Waals surface area contributed by atoms with Gasteiger partial charge in [-0.2, -0.15) is 0 Å². The lowest BCUT2D eigenvalue weighted by molar-refractivity contribution is 0.0416. The molecule has 0 radical (unpaired) electrons. The molecule has 2 rings (SSSR count). The minimum Gasteiger partial charge on any atom is -0.394 e. The maximum Gasteiger partial charge on any atom is 0.0615 e. The van der Waals surface area contributed by atoms with Crippen molar-refractivity contribution in [2.24, 2.45) is 5.92 Å². The molecule has 2 heterocycles. The Labute approximate surface area is 118 Å². The van der Waals surface area contributed by atoms with Crippen LogP contribution in [0.2, 0.25) is 0 Å². The molecule has 0 amide bonds. The SMILES string of the molecule is CCCC1(CO)CCCN1CC1CCCNC1.Cl. The molecule has 3 nitrogen and oxygen atoms in total. The van der Waals surface area contributed by atoms with E-state index in [1.165, 1.54) is 58.3 Å². The summed E-state index contributed by atoms with van der Waals surface area (Å²) in [7, 11) is 0. The first kappa shape index (κ1) is 16.2. The summed E-state index contributed by atoms with van der Waals surface area (Å²) in [6.07, 6.45) is 7.47. The van der Waals surface area contributed by atoms with Crippen molar-refractivity contribution in [3.05, 3.63) is 0 Å². The molecule has 108 valence electrons. The van der Waals surface area contributed by atoms with Crippen molar-refractivity contribution >= 4 is 12.4 Å². The van der Waals surface area contributed by atoms with Crippen LogP contribution in [-0.4, -0.2) is 48.3 Å². The molecule has 0 saturated carbocycles. The van der Waals surface area contributed by atoms with Gasteiger partial charge in [-0.15, -0.1) is 12.4 Å². The van der Waals surface area contributed by atoms with Crippen molar-refractivity contribution in [3.8, 4) is 0 Å². The summed E-state index contributed by atoms with van der Waals surface area (Å²) in [4.78, 5) is 2.59. The van der Waals surface area contributed by atoms with E-state index in [2.05, 4.69) is 17.1 Å². The standard InChI is InChI=1S/C14H28N2O.ClH/c1-2-6-14(12-17)7-4-9-16(14)11-13-5-3-8-15-10-13;/h13,15,17H,2-12H2,1H3;1H. The van der Waals surface area contributed by atoms with Crippen LogP contribution in [0, 0.1) is 5.92 Å². The summed E-state index contributed by atoms with van der Waals surface area (Å²) in [5.74, 6) is 0.796. The van der Waals surface area contributed by atoms with E-state index >= 15 is 0 Å². The van der Waals surface area contributed by atoms with Gasteiger partial charge >= 0.3 is 0 Å². The monoisotopic (exact) mass is 276 g/mol. The molecule has 4 heteroatoms. The lowest BCUT2D eigenvalue weighted by Crippen LogP contribution is -2.50. The second-order valence-corrected chi connectivity index (χ2v) is 5.89. The first-order valence-electron chi connectivity index (χ1n) is 7.37. The number of nitrogens with one attached hydrogen (secondary N) is 1. The Hall–Kier alpha value is 0.170. The number of aliphatic hydroxyl groups is 1. The Morgan fingerprint density at radius 2 is 2.22 bits per heavy atom. The Morgan fingerprint density at radius 1 is 1.39 bits per heavy atom. The van der Waals surface area contributed by atoms with Gasteiger partial charge in [0.05, 0.1) is 6.61 Å². The van der Waals surface area contributed by atoms with Crippen LogP contribution in [0.1, 0.15) is 45.4 Å². The fourth-order valence-electron chi connectivity index (χ4n) is 3.68. The summed E-state index contributed by atoms with van der Waals surface area (Å²) >= 11 is 0. The number of nitrogens with zero attached hydrogens (tertiary/aromatic N) is 1. The molecular weight excluding hydrogens is 248 g/mol. The van der Waals surface area contributed by atoms with E-state index in [1.807, 2.05) is 0 Å². The molecular formula is C14H29ClN2O. The lowest BCUT2D eigenvalue weighted by Gasteiger charge is -2.40. The van der Waals surface area contributed by atoms with Crippen molar-refractivity contribution < 1.29 is 5.11 Å². The van der Waals surface area contributed by atoms with E-state index in [-0.39, 0.29) is 17.9 Å². The Balaban J connectivity index is 0.00000162. The molecule has 2 saturated heterocycles. The summed E-state index contributed by atoms with van der Waals surface area (Å²) in [6.45, 7) is 7.32. The highest BCUT2D eigenvalue weighted by atomic mass is 35.5. The van der Waals surface area contributed by atoms with Crippen molar-refractivity contribution in [1.82, 2.24) is 10.2 Å². The first-order chi connectivity index (χ1) is 8.30. The summed E-state index contributed by atoms with van der Waals surface area (Å²) < 4.78 is 0. The average Bonchev–Trinajstić information content (AvgIpc) is 2.75. The van der Waals surface area contributed by atoms with Crippen LogP contribution in [0.5, 0.6) is 0 Å². The zero-order valence-corrected chi connectivity index (χ0v) is 12.5. The third kappa shape index (κ3) is 3.60. The summed E-state index contributed by atoms with van der Waals surface area (Å²) in [5.41, 5.74) is 0.117. The Morgan fingerprint density at radius 3 is 2.83 bits per heavy atom. The minimum absolute atomic E-state index is 0. The van der Waals surface area contributed by atoms with Gasteiger partial charge in [-0.05, 0) is 57.7 Å². The molecule has 2 unspecified atom stereocenters. The van der Waals surface area contributed by atoms with Gasteiger partial charge in [0.25, 0.3) is 0 Å². The first-order valence-corrected chi connectivity index (χ1v) is 7.37. The number of hydrogen-bond donors (Lipinski definition) is 2. The predicted molar refractivity (Wildman–Crippen MR) is 78.4 cm³/mol. The number of piperidine rings is 1. The molecule has 0 aromatic rings. The molecule has 0 aromatic carbocycles. The summed E-state index contributed by atoms with van der Waals surface area (Å²) in [6, 6.07) is 0. The molecule has 2 atom stereocenters. The molecule has 2 aliphatic rings. The van der Waals surface area contributed by atoms with E-state index in [0.717, 1.165) is 12.3 Å². The van der Waals surface area contributed by atoms with Gasteiger partial charge in [0, 0.05) is 12.1 Å². The van der Waals surface area contributed by atoms with Crippen molar-refractivity contribution in [2.45, 2.75) is 51.0 Å². The molecule has 2 fully saturated rings. The molecule has 2 aliphatic heterocycles. The van der Waals surface area contributed by atoms with Gasteiger partial charge in [-0.25, -0.2) is 0 Å². The topological polar surface area (TPSA) is 35.5 Å². The van der Waals surface area contributed by atoms with Gasteiger partial charge in [-0.1, -0.05) is 13.3 Å². The maximum atomic E-state index is 9.79. The van der Waals surface area contributed by atoms with Crippen LogP contribution >= 0.6 is 12.4 Å². The number of aliphatic hydroxyl groups excluding tert-OH is 1. The van der Waals surface area contributed by atoms with E-state index in [1.54, 1.807) is 0 Å². The largest absolute Gasteiger partial charge is 0.394 e. The fourth-order valence-corrected chi connectivity index (χ4v) is 3.68. The highest BCUT2D eigenvalue weighted by Gasteiger charge is 2.40. The van der Waals surface area contributed by atoms with Gasteiger partial charge in [-0.3, -0.25) is 4.90 Å². The zero-order valence-electron chi connectivity index (χ0n) is 11.7. The van der Waals surface area contributed by atoms with Crippen LogP contribution in [-0.2, 0) is 0 Å². The van der Waals surface area contributed by atoms with E-state index in [4.69, 9.17) is 0 Å². The molecule has 0 bridgehead atoms. The van der Waals surface area contributed by atoms with E-state index in [9.17, 15) is 5.11 Å². The summed E-state index contributed by atoms with van der Waals surface area (Å²) in [5, 5.41) is 13.3. The fraction of sp³-hybridized carbons (Fsp3) is 1.00. The van der Waals surface area contributed by atoms with Crippen LogP contribution in [0.3, 0.4) is 0 Å². The second kappa shape index (κ2) is 7.68. The molecule has 0 spiro atoms. The average molecular weight is 277 g/mol. The van der Waals surface area contributed by atoms with E-state index in [0.29, 0.717) is 6.61 Å². The van der Waals surface area contributed by atoms with Gasteiger partial charge < -0.3 is 10.4 Å². The third-order valence-corrected chi connectivity index (χ3v) is 4.63. The molecule has 0 aliphatic carbocycles. The van der Waals surface area contributed by atoms with Crippen LogP contribution in [0.25, 0.3) is 0 Å². The highest BCUT2D eigenvalue weighted by Crippen LogP contribution is 2.34. The quantitative estimate of drug-likeness (QED) is 0.807. The third-order valence-electron chi connectivity index (χ3n) is 4.63. The smallest absolute Gasteiger partial charge is 0.0615 e. The van der Waals surface area contributed by atoms with Crippen molar-refractivity contribution in [1.29, 1.82) is 0 Å². The predicted octanol–water partition coefficient (Wildman–Crippen LogP) is 2.03. The Kier molecular flexibility index (Phi) is 6.93. The zero-order chi connectivity index (χ0) is 12.1. The number of hydrogen-bond acceptors (Lipinski definition) is 3. The van der Waals surface area contributed by atoms with Crippen molar-refractivity contribution in [2.75, 3.05) is 32.8 Å². The van der Waals surface area contributed by atoms with Gasteiger partial charge in [0.2, 0.25) is 0 Å². The van der Waals surface area contributed by atoms with E-state index < -0.39 is 0 Å². The number of halogens is 1. The molecule has 18 heavy (non-hydrogen) atoms. The Bertz CT molecular complexity index is 234. The number of rotatable bonds is 5. The number of likely N-dealkylation sites (tertiary alicyclic amines) is 1.